The zero-order valence-corrected chi connectivity index (χ0v) is 18.9. The number of nitrogens with one attached hydrogen (secondary N) is 1. The highest BCUT2D eigenvalue weighted by Gasteiger charge is 2.23. The second-order valence-corrected chi connectivity index (χ2v) is 8.12. The number of rotatable bonds is 9. The lowest BCUT2D eigenvalue weighted by atomic mass is 10.2. The van der Waals surface area contributed by atoms with E-state index in [1.54, 1.807) is 7.11 Å². The van der Waals surface area contributed by atoms with Gasteiger partial charge in [-0.3, -0.25) is 19.1 Å². The standard InChI is InChI=1S/C23H26N4O4S/c1-3-13-26(19(28)15-32-18-11-9-17(31-2)10-12-18)20-21(24)27(23(30)25-22(20)29)14-16-7-5-4-6-8-16/h4-12H,3,13-15,24H2,1-2H3,(H,25,29,30). The van der Waals surface area contributed by atoms with Crippen molar-refractivity contribution in [3.05, 3.63) is 81.0 Å². The Hall–Kier alpha value is -3.46. The van der Waals surface area contributed by atoms with E-state index >= 15 is 0 Å². The van der Waals surface area contributed by atoms with Crippen LogP contribution in [0.2, 0.25) is 0 Å². The van der Waals surface area contributed by atoms with E-state index in [9.17, 15) is 14.4 Å². The Morgan fingerprint density at radius 2 is 1.81 bits per heavy atom. The second-order valence-electron chi connectivity index (χ2n) is 7.07. The molecule has 0 unspecified atom stereocenters. The summed E-state index contributed by atoms with van der Waals surface area (Å²) in [6.45, 7) is 2.39. The number of H-pyrrole nitrogens is 1. The molecule has 168 valence electrons. The van der Waals surface area contributed by atoms with Crippen molar-refractivity contribution in [2.75, 3.05) is 30.0 Å². The number of methoxy groups -OCH3 is 1. The van der Waals surface area contributed by atoms with E-state index in [0.29, 0.717) is 13.0 Å². The van der Waals surface area contributed by atoms with E-state index in [2.05, 4.69) is 4.98 Å². The number of benzene rings is 2. The Bertz CT molecular complexity index is 1170. The van der Waals surface area contributed by atoms with E-state index < -0.39 is 11.2 Å². The van der Waals surface area contributed by atoms with Crippen LogP contribution < -0.4 is 26.6 Å². The van der Waals surface area contributed by atoms with Crippen molar-refractivity contribution in [3.63, 3.8) is 0 Å². The molecule has 1 heterocycles. The van der Waals surface area contributed by atoms with E-state index in [1.165, 1.54) is 21.2 Å². The lowest BCUT2D eigenvalue weighted by Gasteiger charge is -2.24. The van der Waals surface area contributed by atoms with Gasteiger partial charge < -0.3 is 15.4 Å². The second kappa shape index (κ2) is 10.7. The molecule has 0 saturated carbocycles. The van der Waals surface area contributed by atoms with Crippen LogP contribution >= 0.6 is 11.8 Å². The van der Waals surface area contributed by atoms with Crippen LogP contribution in [0.5, 0.6) is 5.75 Å². The molecule has 0 atom stereocenters. The molecule has 2 aromatic carbocycles. The molecule has 9 heteroatoms. The average Bonchev–Trinajstić information content (AvgIpc) is 2.80. The van der Waals surface area contributed by atoms with Gasteiger partial charge in [0.05, 0.1) is 19.4 Å². The largest absolute Gasteiger partial charge is 0.497 e. The Labute approximate surface area is 190 Å². The van der Waals surface area contributed by atoms with Gasteiger partial charge in [0.1, 0.15) is 11.6 Å². The quantitative estimate of drug-likeness (QED) is 0.481. The zero-order valence-electron chi connectivity index (χ0n) is 18.0. The number of nitrogen functional groups attached to an aromatic ring is 1. The zero-order chi connectivity index (χ0) is 23.1. The maximum atomic E-state index is 13.1. The molecule has 1 amide bonds. The Balaban J connectivity index is 1.88. The molecular formula is C23H26N4O4S. The van der Waals surface area contributed by atoms with Gasteiger partial charge in [0.25, 0.3) is 5.56 Å². The number of carbonyl (C=O) groups excluding carboxylic acids is 1. The van der Waals surface area contributed by atoms with Gasteiger partial charge >= 0.3 is 5.69 Å². The minimum absolute atomic E-state index is 0.00251. The summed E-state index contributed by atoms with van der Waals surface area (Å²) in [7, 11) is 1.59. The number of aromatic amines is 1. The fraction of sp³-hybridized carbons (Fsp3) is 0.261. The first-order valence-corrected chi connectivity index (χ1v) is 11.2. The van der Waals surface area contributed by atoms with Crippen molar-refractivity contribution in [3.8, 4) is 5.75 Å². The predicted molar refractivity (Wildman–Crippen MR) is 128 cm³/mol. The van der Waals surface area contributed by atoms with Crippen molar-refractivity contribution in [1.29, 1.82) is 0 Å². The number of aromatic nitrogens is 2. The minimum Gasteiger partial charge on any atom is -0.497 e. The molecule has 0 aliphatic carbocycles. The van der Waals surface area contributed by atoms with Crippen molar-refractivity contribution >= 4 is 29.2 Å². The number of thioether (sulfide) groups is 1. The molecule has 0 fully saturated rings. The van der Waals surface area contributed by atoms with Gasteiger partial charge in [-0.15, -0.1) is 11.8 Å². The summed E-state index contributed by atoms with van der Waals surface area (Å²) in [4.78, 5) is 42.7. The molecule has 0 spiro atoms. The predicted octanol–water partition coefficient (Wildman–Crippen LogP) is 2.71. The summed E-state index contributed by atoms with van der Waals surface area (Å²) in [6, 6.07) is 16.7. The Morgan fingerprint density at radius 1 is 1.12 bits per heavy atom. The summed E-state index contributed by atoms with van der Waals surface area (Å²) in [5.74, 6) is 0.546. The van der Waals surface area contributed by atoms with Crippen LogP contribution in [0.1, 0.15) is 18.9 Å². The molecule has 8 nitrogen and oxygen atoms in total. The van der Waals surface area contributed by atoms with E-state index in [-0.39, 0.29) is 29.7 Å². The highest BCUT2D eigenvalue weighted by atomic mass is 32.2. The number of amides is 1. The average molecular weight is 455 g/mol. The summed E-state index contributed by atoms with van der Waals surface area (Å²) in [5.41, 5.74) is 5.83. The summed E-state index contributed by atoms with van der Waals surface area (Å²) in [5, 5.41) is 0. The maximum absolute atomic E-state index is 13.1. The lowest BCUT2D eigenvalue weighted by molar-refractivity contribution is -0.116. The molecule has 0 aliphatic heterocycles. The molecule has 3 N–H and O–H groups in total. The number of ether oxygens (including phenoxy) is 1. The highest BCUT2D eigenvalue weighted by molar-refractivity contribution is 8.00. The first-order chi connectivity index (χ1) is 15.4. The summed E-state index contributed by atoms with van der Waals surface area (Å²) >= 11 is 1.35. The molecular weight excluding hydrogens is 428 g/mol. The van der Waals surface area contributed by atoms with Gasteiger partial charge in [0, 0.05) is 11.4 Å². The molecule has 1 aromatic heterocycles. The first-order valence-electron chi connectivity index (χ1n) is 10.2. The Morgan fingerprint density at radius 3 is 2.44 bits per heavy atom. The summed E-state index contributed by atoms with van der Waals surface area (Å²) < 4.78 is 6.42. The molecule has 0 saturated heterocycles. The van der Waals surface area contributed by atoms with E-state index in [0.717, 1.165) is 16.2 Å². The molecule has 32 heavy (non-hydrogen) atoms. The van der Waals surface area contributed by atoms with E-state index in [4.69, 9.17) is 10.5 Å². The third-order valence-electron chi connectivity index (χ3n) is 4.84. The number of nitrogens with two attached hydrogens (primary N) is 1. The van der Waals surface area contributed by atoms with Crippen LogP contribution in [0.15, 0.2) is 69.1 Å². The number of carbonyl (C=O) groups is 1. The van der Waals surface area contributed by atoms with Crippen molar-refractivity contribution in [2.45, 2.75) is 24.8 Å². The number of nitrogens with zero attached hydrogens (tertiary/aromatic N) is 2. The highest BCUT2D eigenvalue weighted by Crippen LogP contribution is 2.24. The molecule has 3 rings (SSSR count). The minimum atomic E-state index is -0.673. The molecule has 0 aliphatic rings. The van der Waals surface area contributed by atoms with Crippen LogP contribution in [-0.4, -0.2) is 34.9 Å². The van der Waals surface area contributed by atoms with Crippen LogP contribution in [-0.2, 0) is 11.3 Å². The number of hydrogen-bond acceptors (Lipinski definition) is 6. The molecule has 3 aromatic rings. The van der Waals surface area contributed by atoms with Crippen molar-refractivity contribution in [1.82, 2.24) is 9.55 Å². The van der Waals surface area contributed by atoms with Gasteiger partial charge in [-0.1, -0.05) is 37.3 Å². The van der Waals surface area contributed by atoms with Crippen LogP contribution in [0, 0.1) is 0 Å². The van der Waals surface area contributed by atoms with Crippen molar-refractivity contribution < 1.29 is 9.53 Å². The number of anilines is 2. The smallest absolute Gasteiger partial charge is 0.330 e. The van der Waals surface area contributed by atoms with Gasteiger partial charge in [-0.25, -0.2) is 4.79 Å². The molecule has 0 bridgehead atoms. The van der Waals surface area contributed by atoms with E-state index in [1.807, 2.05) is 61.5 Å². The topological polar surface area (TPSA) is 110 Å². The van der Waals surface area contributed by atoms with Crippen LogP contribution in [0.3, 0.4) is 0 Å². The first kappa shape index (κ1) is 23.2. The third kappa shape index (κ3) is 5.42. The van der Waals surface area contributed by atoms with Crippen LogP contribution in [0.25, 0.3) is 0 Å². The van der Waals surface area contributed by atoms with Gasteiger partial charge in [-0.05, 0) is 36.2 Å². The molecule has 0 radical (unpaired) electrons. The number of hydrogen-bond donors (Lipinski definition) is 2. The van der Waals surface area contributed by atoms with Crippen LogP contribution in [0.4, 0.5) is 11.5 Å². The Kier molecular flexibility index (Phi) is 7.77. The fourth-order valence-corrected chi connectivity index (χ4v) is 4.02. The summed E-state index contributed by atoms with van der Waals surface area (Å²) in [6.07, 6.45) is 0.621. The maximum Gasteiger partial charge on any atom is 0.330 e. The van der Waals surface area contributed by atoms with Crippen molar-refractivity contribution in [2.24, 2.45) is 0 Å². The van der Waals surface area contributed by atoms with Gasteiger partial charge in [0.15, 0.2) is 5.69 Å². The third-order valence-corrected chi connectivity index (χ3v) is 5.83. The monoisotopic (exact) mass is 454 g/mol. The van der Waals surface area contributed by atoms with Gasteiger partial charge in [0.2, 0.25) is 5.91 Å². The van der Waals surface area contributed by atoms with Gasteiger partial charge in [-0.2, -0.15) is 0 Å². The fourth-order valence-electron chi connectivity index (χ4n) is 3.24. The SMILES string of the molecule is CCCN(C(=O)CSc1ccc(OC)cc1)c1c(N)n(Cc2ccccc2)c(=O)[nH]c1=O. The lowest BCUT2D eigenvalue weighted by Crippen LogP contribution is -2.42. The normalized spacial score (nSPS) is 10.7.